The third kappa shape index (κ3) is 2.07. The second kappa shape index (κ2) is 4.28. The van der Waals surface area contributed by atoms with Crippen LogP contribution < -0.4 is 0 Å². The zero-order chi connectivity index (χ0) is 10.7. The summed E-state index contributed by atoms with van der Waals surface area (Å²) in [5.41, 5.74) is 1.61. The molecule has 1 aromatic carbocycles. The van der Waals surface area contributed by atoms with Crippen LogP contribution in [0.1, 0.15) is 5.69 Å². The number of imidazole rings is 1. The molecule has 0 unspecified atom stereocenters. The summed E-state index contributed by atoms with van der Waals surface area (Å²) in [6.07, 6.45) is 4.62. The molecule has 0 spiro atoms. The van der Waals surface area contributed by atoms with E-state index in [1.54, 1.807) is 17.1 Å². The molecular weight excluding hydrogens is 212 g/mol. The molecule has 76 valence electrons. The van der Waals surface area contributed by atoms with Gasteiger partial charge in [0.25, 0.3) is 0 Å². The van der Waals surface area contributed by atoms with Crippen molar-refractivity contribution in [3.05, 3.63) is 47.5 Å². The molecule has 1 aromatic heterocycles. The highest BCUT2D eigenvalue weighted by Crippen LogP contribution is 2.19. The zero-order valence-corrected chi connectivity index (χ0v) is 8.69. The second-order valence-electron chi connectivity index (χ2n) is 3.09. The van der Waals surface area contributed by atoms with E-state index in [0.29, 0.717) is 11.4 Å². The standard InChI is InChI=1S/C11H9ClN2O/c12-10-3-1-2-4-11(10)14-7-9(5-6-15)13-8-14/h1-4,6-8H,5H2. The molecule has 4 heteroatoms. The highest BCUT2D eigenvalue weighted by atomic mass is 35.5. The Morgan fingerprint density at radius 3 is 2.93 bits per heavy atom. The van der Waals surface area contributed by atoms with Crippen molar-refractivity contribution in [2.45, 2.75) is 6.42 Å². The van der Waals surface area contributed by atoms with Crippen molar-refractivity contribution in [2.24, 2.45) is 0 Å². The van der Waals surface area contributed by atoms with Crippen LogP contribution >= 0.6 is 11.6 Å². The van der Waals surface area contributed by atoms with E-state index >= 15 is 0 Å². The SMILES string of the molecule is O=CCc1cn(-c2ccccc2Cl)cn1. The lowest BCUT2D eigenvalue weighted by atomic mass is 10.3. The molecule has 1 heterocycles. The lowest BCUT2D eigenvalue weighted by Gasteiger charge is -2.03. The summed E-state index contributed by atoms with van der Waals surface area (Å²) < 4.78 is 1.81. The molecule has 0 amide bonds. The lowest BCUT2D eigenvalue weighted by molar-refractivity contribution is -0.107. The minimum absolute atomic E-state index is 0.331. The molecule has 2 rings (SSSR count). The third-order valence-electron chi connectivity index (χ3n) is 2.06. The molecule has 3 nitrogen and oxygen atoms in total. The average molecular weight is 221 g/mol. The van der Waals surface area contributed by atoms with Gasteiger partial charge in [0, 0.05) is 12.6 Å². The zero-order valence-electron chi connectivity index (χ0n) is 7.93. The number of nitrogens with zero attached hydrogens (tertiary/aromatic N) is 2. The summed E-state index contributed by atoms with van der Waals surface area (Å²) in [6.45, 7) is 0. The first-order valence-corrected chi connectivity index (χ1v) is 4.90. The Kier molecular flexibility index (Phi) is 2.83. The maximum Gasteiger partial charge on any atom is 0.125 e. The van der Waals surface area contributed by atoms with Crippen LogP contribution in [0, 0.1) is 0 Å². The normalized spacial score (nSPS) is 10.2. The number of para-hydroxylation sites is 1. The Morgan fingerprint density at radius 1 is 1.40 bits per heavy atom. The third-order valence-corrected chi connectivity index (χ3v) is 2.38. The number of carbonyl (C=O) groups is 1. The first kappa shape index (κ1) is 9.93. The van der Waals surface area contributed by atoms with Crippen molar-refractivity contribution in [3.8, 4) is 5.69 Å². The molecule has 15 heavy (non-hydrogen) atoms. The van der Waals surface area contributed by atoms with Crippen molar-refractivity contribution < 1.29 is 4.79 Å². The van der Waals surface area contributed by atoms with Gasteiger partial charge < -0.3 is 9.36 Å². The minimum Gasteiger partial charge on any atom is -0.305 e. The van der Waals surface area contributed by atoms with Crippen LogP contribution in [0.4, 0.5) is 0 Å². The Labute approximate surface area is 92.3 Å². The smallest absolute Gasteiger partial charge is 0.125 e. The molecule has 0 fully saturated rings. The van der Waals surface area contributed by atoms with Crippen LogP contribution in [0.5, 0.6) is 0 Å². The summed E-state index contributed by atoms with van der Waals surface area (Å²) in [4.78, 5) is 14.4. The predicted octanol–water partition coefficient (Wildman–Crippen LogP) is 2.27. The molecule has 0 bridgehead atoms. The van der Waals surface area contributed by atoms with Crippen molar-refractivity contribution in [3.63, 3.8) is 0 Å². The summed E-state index contributed by atoms with van der Waals surface area (Å²) in [6, 6.07) is 7.49. The van der Waals surface area contributed by atoms with Crippen molar-refractivity contribution in [1.82, 2.24) is 9.55 Å². The molecule has 0 saturated heterocycles. The first-order chi connectivity index (χ1) is 7.31. The topological polar surface area (TPSA) is 34.9 Å². The van der Waals surface area contributed by atoms with E-state index < -0.39 is 0 Å². The molecule has 0 aliphatic rings. The lowest BCUT2D eigenvalue weighted by Crippen LogP contribution is -1.90. The number of aromatic nitrogens is 2. The van der Waals surface area contributed by atoms with E-state index in [2.05, 4.69) is 4.98 Å². The number of hydrogen-bond donors (Lipinski definition) is 0. The average Bonchev–Trinajstić information content (AvgIpc) is 2.68. The molecule has 2 aromatic rings. The molecule has 0 aliphatic heterocycles. The van der Waals surface area contributed by atoms with Gasteiger partial charge in [0.15, 0.2) is 0 Å². The van der Waals surface area contributed by atoms with Gasteiger partial charge in [-0.05, 0) is 12.1 Å². The van der Waals surface area contributed by atoms with Crippen LogP contribution in [0.3, 0.4) is 0 Å². The molecule has 0 N–H and O–H groups in total. The molecule has 0 atom stereocenters. The van der Waals surface area contributed by atoms with Gasteiger partial charge >= 0.3 is 0 Å². The van der Waals surface area contributed by atoms with Crippen molar-refractivity contribution in [2.75, 3.05) is 0 Å². The summed E-state index contributed by atoms with van der Waals surface area (Å²) in [5.74, 6) is 0. The Hall–Kier alpha value is -1.61. The molecular formula is C11H9ClN2O. The van der Waals surface area contributed by atoms with Gasteiger partial charge in [-0.25, -0.2) is 4.98 Å². The van der Waals surface area contributed by atoms with Crippen LogP contribution in [0.2, 0.25) is 5.02 Å². The number of carbonyl (C=O) groups excluding carboxylic acids is 1. The fourth-order valence-corrected chi connectivity index (χ4v) is 1.58. The van der Waals surface area contributed by atoms with Gasteiger partial charge in [0.05, 0.1) is 22.7 Å². The summed E-state index contributed by atoms with van der Waals surface area (Å²) in [5, 5.41) is 0.660. The van der Waals surface area contributed by atoms with Crippen molar-refractivity contribution in [1.29, 1.82) is 0 Å². The van der Waals surface area contributed by atoms with Crippen LogP contribution in [0.15, 0.2) is 36.8 Å². The van der Waals surface area contributed by atoms with Gasteiger partial charge in [-0.1, -0.05) is 23.7 Å². The Bertz CT molecular complexity index is 479. The van der Waals surface area contributed by atoms with Crippen LogP contribution in [-0.2, 0) is 11.2 Å². The molecule has 0 aliphatic carbocycles. The van der Waals surface area contributed by atoms with E-state index in [1.807, 2.05) is 24.3 Å². The van der Waals surface area contributed by atoms with E-state index in [4.69, 9.17) is 11.6 Å². The highest BCUT2D eigenvalue weighted by molar-refractivity contribution is 6.32. The number of rotatable bonds is 3. The second-order valence-corrected chi connectivity index (χ2v) is 3.50. The van der Waals surface area contributed by atoms with E-state index in [-0.39, 0.29) is 0 Å². The van der Waals surface area contributed by atoms with Crippen LogP contribution in [0.25, 0.3) is 5.69 Å². The van der Waals surface area contributed by atoms with Crippen molar-refractivity contribution >= 4 is 17.9 Å². The van der Waals surface area contributed by atoms with Gasteiger partial charge in [-0.15, -0.1) is 0 Å². The van der Waals surface area contributed by atoms with E-state index in [0.717, 1.165) is 17.7 Å². The Balaban J connectivity index is 2.37. The van der Waals surface area contributed by atoms with E-state index in [9.17, 15) is 4.79 Å². The fourth-order valence-electron chi connectivity index (χ4n) is 1.35. The predicted molar refractivity (Wildman–Crippen MR) is 58.3 cm³/mol. The van der Waals surface area contributed by atoms with Crippen LogP contribution in [-0.4, -0.2) is 15.8 Å². The number of aldehydes is 1. The van der Waals surface area contributed by atoms with Gasteiger partial charge in [-0.3, -0.25) is 0 Å². The van der Waals surface area contributed by atoms with Gasteiger partial charge in [-0.2, -0.15) is 0 Å². The monoisotopic (exact) mass is 220 g/mol. The fraction of sp³-hybridized carbons (Fsp3) is 0.0909. The maximum atomic E-state index is 10.3. The highest BCUT2D eigenvalue weighted by Gasteiger charge is 2.03. The first-order valence-electron chi connectivity index (χ1n) is 4.52. The largest absolute Gasteiger partial charge is 0.305 e. The van der Waals surface area contributed by atoms with Gasteiger partial charge in [0.2, 0.25) is 0 Å². The Morgan fingerprint density at radius 2 is 2.20 bits per heavy atom. The maximum absolute atomic E-state index is 10.3. The van der Waals surface area contributed by atoms with Gasteiger partial charge in [0.1, 0.15) is 6.29 Å². The number of benzene rings is 1. The number of hydrogen-bond acceptors (Lipinski definition) is 2. The number of halogens is 1. The molecule has 0 saturated carbocycles. The summed E-state index contributed by atoms with van der Waals surface area (Å²) in [7, 11) is 0. The summed E-state index contributed by atoms with van der Waals surface area (Å²) >= 11 is 6.03. The molecule has 0 radical (unpaired) electrons. The van der Waals surface area contributed by atoms with E-state index in [1.165, 1.54) is 0 Å². The quantitative estimate of drug-likeness (QED) is 0.744. The minimum atomic E-state index is 0.331.